The predicted molar refractivity (Wildman–Crippen MR) is 64.3 cm³/mol. The summed E-state index contributed by atoms with van der Waals surface area (Å²) >= 11 is 1.99. The van der Waals surface area contributed by atoms with Gasteiger partial charge in [0.15, 0.2) is 0 Å². The van der Waals surface area contributed by atoms with Gasteiger partial charge in [0.25, 0.3) is 3.55 Å². The van der Waals surface area contributed by atoms with Gasteiger partial charge in [-0.25, -0.2) is 0 Å². The van der Waals surface area contributed by atoms with E-state index in [-0.39, 0.29) is 16.0 Å². The number of nitrogens with one attached hydrogen (secondary N) is 1. The van der Waals surface area contributed by atoms with Gasteiger partial charge in [-0.2, -0.15) is 0 Å². The summed E-state index contributed by atoms with van der Waals surface area (Å²) in [5, 5.41) is 14.5. The van der Waals surface area contributed by atoms with Crippen LogP contribution in [0.25, 0.3) is 0 Å². The largest absolute Gasteiger partial charge is 0.306 e. The summed E-state index contributed by atoms with van der Waals surface area (Å²) in [7, 11) is 0. The zero-order valence-corrected chi connectivity index (χ0v) is 11.2. The Balaban J connectivity index is 2.97. The molecule has 1 saturated heterocycles. The van der Waals surface area contributed by atoms with Crippen molar-refractivity contribution >= 4 is 22.6 Å². The van der Waals surface area contributed by atoms with E-state index < -0.39 is 3.55 Å². The van der Waals surface area contributed by atoms with Crippen LogP contribution in [-0.4, -0.2) is 19.5 Å². The first-order chi connectivity index (χ1) is 6.06. The van der Waals surface area contributed by atoms with Gasteiger partial charge >= 0.3 is 0 Å². The second kappa shape index (κ2) is 3.30. The Morgan fingerprint density at radius 3 is 1.86 bits per heavy atom. The molecule has 1 N–H and O–H groups in total. The maximum atomic E-state index is 11.0. The molecule has 1 rings (SSSR count). The number of alkyl halides is 1. The minimum absolute atomic E-state index is 0.141. The first-order valence-electron chi connectivity index (χ1n) is 4.69. The summed E-state index contributed by atoms with van der Waals surface area (Å²) in [5.74, 6) is 0. The SMILES string of the molecule is CC1(C)CC(I)([N+](=O)[O-])CC(C)(C)N1. The monoisotopic (exact) mass is 312 g/mol. The molecule has 0 bridgehead atoms. The highest BCUT2D eigenvalue weighted by Crippen LogP contribution is 2.42. The molecule has 14 heavy (non-hydrogen) atoms. The lowest BCUT2D eigenvalue weighted by Gasteiger charge is -2.46. The number of halogens is 1. The molecular formula is C9H17IN2O2. The third kappa shape index (κ3) is 2.56. The molecule has 1 fully saturated rings. The van der Waals surface area contributed by atoms with Crippen LogP contribution in [0.5, 0.6) is 0 Å². The van der Waals surface area contributed by atoms with Crippen LogP contribution in [-0.2, 0) is 0 Å². The van der Waals surface area contributed by atoms with Gasteiger partial charge in [0.1, 0.15) is 0 Å². The van der Waals surface area contributed by atoms with Gasteiger partial charge in [-0.15, -0.1) is 0 Å². The van der Waals surface area contributed by atoms with E-state index >= 15 is 0 Å². The van der Waals surface area contributed by atoms with Crippen LogP contribution in [0.2, 0.25) is 0 Å². The maximum absolute atomic E-state index is 11.0. The fourth-order valence-electron chi connectivity index (χ4n) is 2.55. The fourth-order valence-corrected chi connectivity index (χ4v) is 4.46. The van der Waals surface area contributed by atoms with Gasteiger partial charge in [-0.05, 0) is 27.7 Å². The Labute approximate surface area is 98.1 Å². The van der Waals surface area contributed by atoms with Gasteiger partial charge in [0.2, 0.25) is 0 Å². The fraction of sp³-hybridized carbons (Fsp3) is 1.00. The molecule has 0 aromatic rings. The van der Waals surface area contributed by atoms with Gasteiger partial charge in [0.05, 0.1) is 0 Å². The van der Waals surface area contributed by atoms with E-state index in [9.17, 15) is 10.1 Å². The van der Waals surface area contributed by atoms with Crippen LogP contribution in [0, 0.1) is 10.1 Å². The molecule has 0 aliphatic carbocycles. The zero-order valence-electron chi connectivity index (χ0n) is 9.06. The summed E-state index contributed by atoms with van der Waals surface area (Å²) in [6.07, 6.45) is 1.13. The van der Waals surface area contributed by atoms with E-state index in [1.54, 1.807) is 0 Å². The second-order valence-corrected chi connectivity index (χ2v) is 7.43. The molecule has 0 unspecified atom stereocenters. The van der Waals surface area contributed by atoms with Crippen LogP contribution >= 0.6 is 22.6 Å². The van der Waals surface area contributed by atoms with E-state index in [1.807, 2.05) is 50.3 Å². The molecule has 0 aromatic heterocycles. The molecule has 0 radical (unpaired) electrons. The molecule has 1 heterocycles. The lowest BCUT2D eigenvalue weighted by molar-refractivity contribution is -0.539. The van der Waals surface area contributed by atoms with Crippen molar-refractivity contribution in [3.63, 3.8) is 0 Å². The van der Waals surface area contributed by atoms with Crippen molar-refractivity contribution < 1.29 is 4.92 Å². The lowest BCUT2D eigenvalue weighted by atomic mass is 9.80. The third-order valence-corrected chi connectivity index (χ3v) is 3.59. The van der Waals surface area contributed by atoms with Gasteiger partial charge in [0, 0.05) is 51.4 Å². The Bertz CT molecular complexity index is 248. The van der Waals surface area contributed by atoms with Gasteiger partial charge in [-0.1, -0.05) is 0 Å². The maximum Gasteiger partial charge on any atom is 0.273 e. The Kier molecular flexibility index (Phi) is 2.86. The van der Waals surface area contributed by atoms with Crippen molar-refractivity contribution in [1.29, 1.82) is 0 Å². The minimum atomic E-state index is -0.823. The molecule has 0 amide bonds. The molecule has 1 aliphatic heterocycles. The van der Waals surface area contributed by atoms with Crippen LogP contribution in [0.4, 0.5) is 0 Å². The predicted octanol–water partition coefficient (Wildman–Crippen LogP) is 2.33. The number of hydrogen-bond acceptors (Lipinski definition) is 3. The van der Waals surface area contributed by atoms with Crippen LogP contribution < -0.4 is 5.32 Å². The number of rotatable bonds is 1. The van der Waals surface area contributed by atoms with Crippen molar-refractivity contribution in [2.24, 2.45) is 0 Å². The Morgan fingerprint density at radius 1 is 1.21 bits per heavy atom. The first kappa shape index (κ1) is 12.2. The number of nitrogens with zero attached hydrogens (tertiary/aromatic N) is 1. The van der Waals surface area contributed by atoms with E-state index in [0.717, 1.165) is 0 Å². The average molecular weight is 312 g/mol. The number of hydrogen-bond donors (Lipinski definition) is 1. The third-order valence-electron chi connectivity index (χ3n) is 2.43. The van der Waals surface area contributed by atoms with E-state index in [1.165, 1.54) is 0 Å². The molecule has 1 aliphatic rings. The highest BCUT2D eigenvalue weighted by atomic mass is 127. The van der Waals surface area contributed by atoms with Crippen molar-refractivity contribution in [2.75, 3.05) is 0 Å². The normalized spacial score (nSPS) is 28.4. The molecule has 0 spiro atoms. The molecule has 0 aromatic carbocycles. The average Bonchev–Trinajstić information content (AvgIpc) is 1.76. The first-order valence-corrected chi connectivity index (χ1v) is 5.77. The van der Waals surface area contributed by atoms with Crippen molar-refractivity contribution in [3.8, 4) is 0 Å². The Morgan fingerprint density at radius 2 is 1.57 bits per heavy atom. The highest BCUT2D eigenvalue weighted by Gasteiger charge is 2.53. The summed E-state index contributed by atoms with van der Waals surface area (Å²) in [6, 6.07) is 0. The summed E-state index contributed by atoms with van der Waals surface area (Å²) in [6.45, 7) is 8.07. The number of piperidine rings is 1. The molecule has 0 saturated carbocycles. The molecular weight excluding hydrogens is 295 g/mol. The summed E-state index contributed by atoms with van der Waals surface area (Å²) in [4.78, 5) is 10.9. The van der Waals surface area contributed by atoms with Crippen molar-refractivity contribution in [3.05, 3.63) is 10.1 Å². The lowest BCUT2D eigenvalue weighted by Crippen LogP contribution is -2.63. The summed E-state index contributed by atoms with van der Waals surface area (Å²) in [5.41, 5.74) is -0.341. The van der Waals surface area contributed by atoms with Crippen LogP contribution in [0.3, 0.4) is 0 Å². The van der Waals surface area contributed by atoms with Crippen molar-refractivity contribution in [1.82, 2.24) is 5.32 Å². The van der Waals surface area contributed by atoms with E-state index in [4.69, 9.17) is 0 Å². The van der Waals surface area contributed by atoms with E-state index in [0.29, 0.717) is 12.8 Å². The standard InChI is InChI=1S/C9H17IN2O2/c1-7(2)5-9(10,12(13)14)6-8(3,4)11-7/h11H,5-6H2,1-4H3. The minimum Gasteiger partial charge on any atom is -0.306 e. The number of nitro groups is 1. The zero-order chi connectivity index (χ0) is 11.2. The highest BCUT2D eigenvalue weighted by molar-refractivity contribution is 14.1. The summed E-state index contributed by atoms with van der Waals surface area (Å²) < 4.78 is -0.823. The Hall–Kier alpha value is 0.0900. The second-order valence-electron chi connectivity index (χ2n) is 5.42. The molecule has 5 heteroatoms. The molecule has 0 atom stereocenters. The van der Waals surface area contributed by atoms with Crippen molar-refractivity contribution in [2.45, 2.75) is 55.2 Å². The smallest absolute Gasteiger partial charge is 0.273 e. The van der Waals surface area contributed by atoms with Crippen LogP contribution in [0.1, 0.15) is 40.5 Å². The molecule has 82 valence electrons. The topological polar surface area (TPSA) is 55.2 Å². The van der Waals surface area contributed by atoms with Gasteiger partial charge in [-0.3, -0.25) is 10.1 Å². The quantitative estimate of drug-likeness (QED) is 0.266. The van der Waals surface area contributed by atoms with E-state index in [2.05, 4.69) is 5.32 Å². The van der Waals surface area contributed by atoms with Gasteiger partial charge < -0.3 is 5.32 Å². The molecule has 4 nitrogen and oxygen atoms in total. The van der Waals surface area contributed by atoms with Crippen LogP contribution in [0.15, 0.2) is 0 Å².